The fourth-order valence-electron chi connectivity index (χ4n) is 4.08. The minimum Gasteiger partial charge on any atom is -0.374 e. The molecule has 2 saturated heterocycles. The molecule has 1 saturated carbocycles. The summed E-state index contributed by atoms with van der Waals surface area (Å²) in [6.07, 6.45) is 2.19. The normalized spacial score (nSPS) is 25.0. The Morgan fingerprint density at radius 1 is 1.04 bits per heavy atom. The second-order valence-corrected chi connectivity index (χ2v) is 8.98. The van der Waals surface area contributed by atoms with Crippen molar-refractivity contribution >= 4 is 17.5 Å². The first-order valence-corrected chi connectivity index (χ1v) is 10.4. The minimum atomic E-state index is -0.299. The van der Waals surface area contributed by atoms with Gasteiger partial charge in [0, 0.05) is 49.9 Å². The molecule has 1 unspecified atom stereocenters. The Morgan fingerprint density at radius 2 is 1.68 bits per heavy atom. The average Bonchev–Trinajstić information content (AvgIpc) is 3.54. The van der Waals surface area contributed by atoms with Gasteiger partial charge in [0.25, 0.3) is 5.91 Å². The molecule has 0 spiro atoms. The molecule has 0 N–H and O–H groups in total. The highest BCUT2D eigenvalue weighted by atomic mass is 16.5. The zero-order valence-corrected chi connectivity index (χ0v) is 17.2. The summed E-state index contributed by atoms with van der Waals surface area (Å²) < 4.78 is 5.72. The maximum atomic E-state index is 13.0. The summed E-state index contributed by atoms with van der Waals surface area (Å²) in [5.41, 5.74) is 1.53. The number of anilines is 1. The number of carbonyl (C=O) groups excluding carboxylic acids is 2. The molecule has 28 heavy (non-hydrogen) atoms. The van der Waals surface area contributed by atoms with Crippen molar-refractivity contribution in [3.63, 3.8) is 0 Å². The highest BCUT2D eigenvalue weighted by molar-refractivity contribution is 5.95. The number of amides is 2. The van der Waals surface area contributed by atoms with E-state index in [-0.39, 0.29) is 17.6 Å². The molecule has 6 heteroatoms. The van der Waals surface area contributed by atoms with Crippen LogP contribution in [-0.2, 0) is 9.53 Å². The van der Waals surface area contributed by atoms with Crippen LogP contribution in [0.5, 0.6) is 0 Å². The van der Waals surface area contributed by atoms with Crippen LogP contribution in [0.15, 0.2) is 24.3 Å². The van der Waals surface area contributed by atoms with Crippen LogP contribution in [0.2, 0.25) is 0 Å². The lowest BCUT2D eigenvalue weighted by Gasteiger charge is -2.44. The first-order chi connectivity index (χ1) is 13.3. The first-order valence-electron chi connectivity index (χ1n) is 10.4. The van der Waals surface area contributed by atoms with Crippen LogP contribution in [0.25, 0.3) is 0 Å². The summed E-state index contributed by atoms with van der Waals surface area (Å²) in [6.45, 7) is 10.5. The monoisotopic (exact) mass is 385 g/mol. The molecule has 1 aromatic carbocycles. The van der Waals surface area contributed by atoms with Crippen molar-refractivity contribution in [2.45, 2.75) is 45.3 Å². The Hall–Kier alpha value is -2.08. The highest BCUT2D eigenvalue weighted by Crippen LogP contribution is 2.31. The molecule has 1 aromatic rings. The number of nitrogens with zero attached hydrogens (tertiary/aromatic N) is 3. The van der Waals surface area contributed by atoms with Gasteiger partial charge in [0.15, 0.2) is 0 Å². The van der Waals surface area contributed by atoms with E-state index in [0.717, 1.165) is 44.7 Å². The summed E-state index contributed by atoms with van der Waals surface area (Å²) in [4.78, 5) is 31.5. The van der Waals surface area contributed by atoms with Crippen molar-refractivity contribution in [1.29, 1.82) is 0 Å². The van der Waals surface area contributed by atoms with Gasteiger partial charge in [-0.25, -0.2) is 0 Å². The summed E-state index contributed by atoms with van der Waals surface area (Å²) in [5, 5.41) is 0. The molecule has 6 nitrogen and oxygen atoms in total. The molecule has 3 fully saturated rings. The SMILES string of the molecule is CC1CN(C(=O)c2ccc(N3CCN(C(=O)C4CC4)CC3)cc2)C(C)(C)CO1. The third-order valence-corrected chi connectivity index (χ3v) is 6.13. The van der Waals surface area contributed by atoms with Crippen molar-refractivity contribution < 1.29 is 14.3 Å². The van der Waals surface area contributed by atoms with Crippen LogP contribution in [0, 0.1) is 5.92 Å². The first kappa shape index (κ1) is 19.2. The van der Waals surface area contributed by atoms with Crippen LogP contribution in [0.4, 0.5) is 5.69 Å². The van der Waals surface area contributed by atoms with Crippen LogP contribution in [-0.4, -0.2) is 72.6 Å². The Labute approximate surface area is 167 Å². The largest absolute Gasteiger partial charge is 0.374 e. The van der Waals surface area contributed by atoms with E-state index in [1.54, 1.807) is 0 Å². The number of hydrogen-bond donors (Lipinski definition) is 0. The minimum absolute atomic E-state index is 0.0610. The topological polar surface area (TPSA) is 53.1 Å². The van der Waals surface area contributed by atoms with Gasteiger partial charge in [-0.05, 0) is 57.9 Å². The van der Waals surface area contributed by atoms with Crippen molar-refractivity contribution in [1.82, 2.24) is 9.80 Å². The van der Waals surface area contributed by atoms with Gasteiger partial charge >= 0.3 is 0 Å². The van der Waals surface area contributed by atoms with E-state index in [9.17, 15) is 9.59 Å². The van der Waals surface area contributed by atoms with Crippen molar-refractivity contribution in [3.8, 4) is 0 Å². The third kappa shape index (κ3) is 3.88. The average molecular weight is 386 g/mol. The zero-order valence-electron chi connectivity index (χ0n) is 17.2. The van der Waals surface area contributed by atoms with E-state index in [1.807, 2.05) is 54.8 Å². The lowest BCUT2D eigenvalue weighted by molar-refractivity contribution is -0.132. The molecule has 2 amide bonds. The number of piperazine rings is 1. The molecule has 0 aromatic heterocycles. The Balaban J connectivity index is 1.38. The lowest BCUT2D eigenvalue weighted by Crippen LogP contribution is -2.57. The maximum absolute atomic E-state index is 13.0. The number of carbonyl (C=O) groups is 2. The molecule has 1 atom stereocenters. The number of rotatable bonds is 3. The van der Waals surface area contributed by atoms with Gasteiger partial charge in [0.05, 0.1) is 18.2 Å². The molecule has 0 bridgehead atoms. The Kier molecular flexibility index (Phi) is 5.08. The second kappa shape index (κ2) is 7.39. The van der Waals surface area contributed by atoms with Gasteiger partial charge in [-0.1, -0.05) is 0 Å². The number of hydrogen-bond acceptors (Lipinski definition) is 4. The van der Waals surface area contributed by atoms with Gasteiger partial charge in [0.2, 0.25) is 5.91 Å². The zero-order chi connectivity index (χ0) is 19.9. The van der Waals surface area contributed by atoms with Gasteiger partial charge in [-0.3, -0.25) is 9.59 Å². The predicted octanol–water partition coefficient (Wildman–Crippen LogP) is 2.38. The maximum Gasteiger partial charge on any atom is 0.254 e. The van der Waals surface area contributed by atoms with Crippen LogP contribution in [0.1, 0.15) is 44.0 Å². The smallest absolute Gasteiger partial charge is 0.254 e. The van der Waals surface area contributed by atoms with E-state index in [0.29, 0.717) is 30.5 Å². The standard InChI is InChI=1S/C22H31N3O3/c1-16-14-25(22(2,3)15-28-16)21(27)18-6-8-19(9-7-18)23-10-12-24(13-11-23)20(26)17-4-5-17/h6-9,16-17H,4-5,10-15H2,1-3H3. The van der Waals surface area contributed by atoms with E-state index < -0.39 is 0 Å². The van der Waals surface area contributed by atoms with E-state index >= 15 is 0 Å². The van der Waals surface area contributed by atoms with Gasteiger partial charge < -0.3 is 19.4 Å². The molecule has 4 rings (SSSR count). The van der Waals surface area contributed by atoms with E-state index in [2.05, 4.69) is 4.90 Å². The van der Waals surface area contributed by atoms with E-state index in [4.69, 9.17) is 4.74 Å². The van der Waals surface area contributed by atoms with Crippen molar-refractivity contribution in [2.24, 2.45) is 5.92 Å². The van der Waals surface area contributed by atoms with Crippen molar-refractivity contribution in [3.05, 3.63) is 29.8 Å². The fourth-order valence-corrected chi connectivity index (χ4v) is 4.08. The van der Waals surface area contributed by atoms with Gasteiger partial charge in [-0.15, -0.1) is 0 Å². The number of morpholine rings is 1. The summed E-state index contributed by atoms with van der Waals surface area (Å²) in [7, 11) is 0. The summed E-state index contributed by atoms with van der Waals surface area (Å²) in [5.74, 6) is 0.693. The molecule has 0 radical (unpaired) electrons. The van der Waals surface area contributed by atoms with Gasteiger partial charge in [0.1, 0.15) is 0 Å². The van der Waals surface area contributed by atoms with Crippen LogP contribution < -0.4 is 4.90 Å². The van der Waals surface area contributed by atoms with Crippen LogP contribution in [0.3, 0.4) is 0 Å². The number of benzene rings is 1. The molecule has 152 valence electrons. The fraction of sp³-hybridized carbons (Fsp3) is 0.636. The Bertz CT molecular complexity index is 734. The second-order valence-electron chi connectivity index (χ2n) is 8.98. The molecule has 2 aliphatic heterocycles. The summed E-state index contributed by atoms with van der Waals surface area (Å²) >= 11 is 0. The number of ether oxygens (including phenoxy) is 1. The lowest BCUT2D eigenvalue weighted by atomic mass is 9.99. The quantitative estimate of drug-likeness (QED) is 0.802. The predicted molar refractivity (Wildman–Crippen MR) is 108 cm³/mol. The highest BCUT2D eigenvalue weighted by Gasteiger charge is 2.37. The third-order valence-electron chi connectivity index (χ3n) is 6.13. The molecular weight excluding hydrogens is 354 g/mol. The van der Waals surface area contributed by atoms with E-state index in [1.165, 1.54) is 0 Å². The Morgan fingerprint density at radius 3 is 2.29 bits per heavy atom. The van der Waals surface area contributed by atoms with Gasteiger partial charge in [-0.2, -0.15) is 0 Å². The molecule has 1 aliphatic carbocycles. The summed E-state index contributed by atoms with van der Waals surface area (Å²) in [6, 6.07) is 7.91. The molecular formula is C22H31N3O3. The molecule has 3 aliphatic rings. The van der Waals surface area contributed by atoms with Crippen molar-refractivity contribution in [2.75, 3.05) is 44.2 Å². The molecule has 2 heterocycles. The van der Waals surface area contributed by atoms with Crippen LogP contribution >= 0.6 is 0 Å².